The van der Waals surface area contributed by atoms with Gasteiger partial charge in [0.25, 0.3) is 0 Å². The highest BCUT2D eigenvalue weighted by Gasteiger charge is 2.35. The van der Waals surface area contributed by atoms with Crippen molar-refractivity contribution in [3.8, 4) is 0 Å². The van der Waals surface area contributed by atoms with Gasteiger partial charge in [-0.1, -0.05) is 23.7 Å². The molecule has 0 amide bonds. The quantitative estimate of drug-likeness (QED) is 0.829. The summed E-state index contributed by atoms with van der Waals surface area (Å²) in [5, 5.41) is 0.777. The molecule has 0 spiro atoms. The van der Waals surface area contributed by atoms with E-state index in [2.05, 4.69) is 31.9 Å². The highest BCUT2D eigenvalue weighted by Crippen LogP contribution is 2.26. The van der Waals surface area contributed by atoms with E-state index in [1.54, 1.807) is 0 Å². The number of nitrogens with zero attached hydrogens (tertiary/aromatic N) is 4. The average Bonchev–Trinajstić information content (AvgIpc) is 2.76. The molecule has 6 nitrogen and oxygen atoms in total. The Kier molecular flexibility index (Phi) is 6.42. The molecule has 1 aromatic heterocycles. The van der Waals surface area contributed by atoms with Gasteiger partial charge in [-0.3, -0.25) is 4.90 Å². The summed E-state index contributed by atoms with van der Waals surface area (Å²) in [6.45, 7) is 4.16. The zero-order valence-electron chi connectivity index (χ0n) is 16.1. The SMILES string of the molecule is NC[C@H]1CN(C2CCN(c3ncccn3)CC2)[C@@H](Cc2ccc(Cl)cc2)CO1. The Bertz CT molecular complexity index is 736. The summed E-state index contributed by atoms with van der Waals surface area (Å²) >= 11 is 6.04. The van der Waals surface area contributed by atoms with Crippen LogP contribution in [0.25, 0.3) is 0 Å². The van der Waals surface area contributed by atoms with Crippen LogP contribution in [0.3, 0.4) is 0 Å². The van der Waals surface area contributed by atoms with Crippen molar-refractivity contribution in [2.45, 2.75) is 37.5 Å². The minimum atomic E-state index is 0.122. The Labute approximate surface area is 171 Å². The summed E-state index contributed by atoms with van der Waals surface area (Å²) in [6.07, 6.45) is 6.92. The van der Waals surface area contributed by atoms with Crippen molar-refractivity contribution in [2.75, 3.05) is 37.7 Å². The van der Waals surface area contributed by atoms with Gasteiger partial charge in [-0.05, 0) is 43.0 Å². The van der Waals surface area contributed by atoms with Crippen LogP contribution in [0.15, 0.2) is 42.7 Å². The van der Waals surface area contributed by atoms with Gasteiger partial charge in [-0.15, -0.1) is 0 Å². The van der Waals surface area contributed by atoms with Gasteiger partial charge in [0.2, 0.25) is 5.95 Å². The number of nitrogens with two attached hydrogens (primary N) is 1. The maximum atomic E-state index is 6.04. The van der Waals surface area contributed by atoms with E-state index >= 15 is 0 Å². The van der Waals surface area contributed by atoms with Gasteiger partial charge < -0.3 is 15.4 Å². The molecule has 28 heavy (non-hydrogen) atoms. The molecule has 0 saturated carbocycles. The van der Waals surface area contributed by atoms with E-state index < -0.39 is 0 Å². The molecule has 0 unspecified atom stereocenters. The highest BCUT2D eigenvalue weighted by molar-refractivity contribution is 6.30. The number of hydrogen-bond donors (Lipinski definition) is 1. The molecule has 0 bridgehead atoms. The van der Waals surface area contributed by atoms with Gasteiger partial charge in [0.05, 0.1) is 12.7 Å². The van der Waals surface area contributed by atoms with Crippen LogP contribution in [0.5, 0.6) is 0 Å². The standard InChI is InChI=1S/C21H28ClN5O/c22-17-4-2-16(3-5-17)12-19-15-28-20(13-23)14-27(19)18-6-10-26(11-7-18)21-24-8-1-9-25-21/h1-5,8-9,18-20H,6-7,10-15,23H2/t19-,20-/m0/s1. The first-order valence-corrected chi connectivity index (χ1v) is 10.4. The highest BCUT2D eigenvalue weighted by atomic mass is 35.5. The number of hydrogen-bond acceptors (Lipinski definition) is 6. The van der Waals surface area contributed by atoms with Crippen molar-refractivity contribution in [2.24, 2.45) is 5.73 Å². The second kappa shape index (κ2) is 9.18. The van der Waals surface area contributed by atoms with Crippen molar-refractivity contribution in [1.29, 1.82) is 0 Å². The number of halogens is 1. The van der Waals surface area contributed by atoms with E-state index in [0.29, 0.717) is 18.6 Å². The third-order valence-corrected chi connectivity index (χ3v) is 6.08. The number of benzene rings is 1. The molecule has 3 heterocycles. The van der Waals surface area contributed by atoms with Gasteiger partial charge in [0, 0.05) is 55.7 Å². The number of aromatic nitrogens is 2. The number of ether oxygens (including phenoxy) is 1. The van der Waals surface area contributed by atoms with E-state index in [0.717, 1.165) is 56.5 Å². The molecule has 150 valence electrons. The number of piperidine rings is 1. The maximum Gasteiger partial charge on any atom is 0.225 e. The van der Waals surface area contributed by atoms with Crippen LogP contribution in [-0.2, 0) is 11.2 Å². The van der Waals surface area contributed by atoms with Gasteiger partial charge in [0.15, 0.2) is 0 Å². The van der Waals surface area contributed by atoms with Crippen LogP contribution < -0.4 is 10.6 Å². The molecular formula is C21H28ClN5O. The van der Waals surface area contributed by atoms with Crippen molar-refractivity contribution >= 4 is 17.5 Å². The third-order valence-electron chi connectivity index (χ3n) is 5.82. The molecule has 0 aliphatic carbocycles. The fraction of sp³-hybridized carbons (Fsp3) is 0.524. The largest absolute Gasteiger partial charge is 0.374 e. The van der Waals surface area contributed by atoms with Crippen LogP contribution in [0.1, 0.15) is 18.4 Å². The topological polar surface area (TPSA) is 67.5 Å². The van der Waals surface area contributed by atoms with Crippen LogP contribution in [-0.4, -0.2) is 65.8 Å². The number of morpholine rings is 1. The summed E-state index contributed by atoms with van der Waals surface area (Å²) in [7, 11) is 0. The Morgan fingerprint density at radius 1 is 1.11 bits per heavy atom. The van der Waals surface area contributed by atoms with Crippen LogP contribution in [0, 0.1) is 0 Å². The first kappa shape index (κ1) is 19.6. The maximum absolute atomic E-state index is 6.04. The predicted octanol–water partition coefficient (Wildman–Crippen LogP) is 2.37. The molecule has 2 atom stereocenters. The van der Waals surface area contributed by atoms with Crippen molar-refractivity contribution in [1.82, 2.24) is 14.9 Å². The molecule has 7 heteroatoms. The van der Waals surface area contributed by atoms with Crippen molar-refractivity contribution in [3.63, 3.8) is 0 Å². The van der Waals surface area contributed by atoms with Gasteiger partial charge in [0.1, 0.15) is 0 Å². The Hall–Kier alpha value is -1.73. The Morgan fingerprint density at radius 3 is 2.50 bits per heavy atom. The number of rotatable bonds is 5. The molecular weight excluding hydrogens is 374 g/mol. The number of anilines is 1. The normalized spacial score (nSPS) is 24.4. The summed E-state index contributed by atoms with van der Waals surface area (Å²) in [5.41, 5.74) is 7.21. The molecule has 2 N–H and O–H groups in total. The zero-order chi connectivity index (χ0) is 19.3. The lowest BCUT2D eigenvalue weighted by Crippen LogP contribution is -2.58. The monoisotopic (exact) mass is 401 g/mol. The molecule has 0 radical (unpaired) electrons. The summed E-state index contributed by atoms with van der Waals surface area (Å²) in [5.74, 6) is 0.834. The Morgan fingerprint density at radius 2 is 1.82 bits per heavy atom. The van der Waals surface area contributed by atoms with Crippen molar-refractivity contribution < 1.29 is 4.74 Å². The van der Waals surface area contributed by atoms with E-state index in [9.17, 15) is 0 Å². The van der Waals surface area contributed by atoms with E-state index in [1.165, 1.54) is 5.56 Å². The summed E-state index contributed by atoms with van der Waals surface area (Å²) < 4.78 is 6.02. The molecule has 2 aromatic rings. The van der Waals surface area contributed by atoms with Crippen LogP contribution in [0.4, 0.5) is 5.95 Å². The van der Waals surface area contributed by atoms with E-state index in [1.807, 2.05) is 30.6 Å². The predicted molar refractivity (Wildman–Crippen MR) is 112 cm³/mol. The fourth-order valence-electron chi connectivity index (χ4n) is 4.29. The smallest absolute Gasteiger partial charge is 0.225 e. The lowest BCUT2D eigenvalue weighted by Gasteiger charge is -2.46. The van der Waals surface area contributed by atoms with Crippen LogP contribution in [0.2, 0.25) is 5.02 Å². The van der Waals surface area contributed by atoms with Crippen molar-refractivity contribution in [3.05, 3.63) is 53.3 Å². The second-order valence-electron chi connectivity index (χ2n) is 7.64. The molecule has 2 fully saturated rings. The van der Waals surface area contributed by atoms with E-state index in [4.69, 9.17) is 22.1 Å². The summed E-state index contributed by atoms with van der Waals surface area (Å²) in [4.78, 5) is 13.7. The molecule has 4 rings (SSSR count). The summed E-state index contributed by atoms with van der Waals surface area (Å²) in [6, 6.07) is 10.9. The second-order valence-corrected chi connectivity index (χ2v) is 8.08. The first-order chi connectivity index (χ1) is 13.7. The average molecular weight is 402 g/mol. The van der Waals surface area contributed by atoms with Gasteiger partial charge in [-0.2, -0.15) is 0 Å². The van der Waals surface area contributed by atoms with E-state index in [-0.39, 0.29) is 6.10 Å². The molecule has 2 aliphatic heterocycles. The van der Waals surface area contributed by atoms with Crippen LogP contribution >= 0.6 is 11.6 Å². The van der Waals surface area contributed by atoms with Gasteiger partial charge >= 0.3 is 0 Å². The molecule has 2 aliphatic rings. The minimum Gasteiger partial charge on any atom is -0.374 e. The minimum absolute atomic E-state index is 0.122. The lowest BCUT2D eigenvalue weighted by atomic mass is 9.96. The van der Waals surface area contributed by atoms with Gasteiger partial charge in [-0.25, -0.2) is 9.97 Å². The lowest BCUT2D eigenvalue weighted by molar-refractivity contribution is -0.0779. The zero-order valence-corrected chi connectivity index (χ0v) is 16.8. The fourth-order valence-corrected chi connectivity index (χ4v) is 4.42. The molecule has 2 saturated heterocycles. The Balaban J connectivity index is 1.42. The third kappa shape index (κ3) is 4.63. The molecule has 1 aromatic carbocycles. The first-order valence-electron chi connectivity index (χ1n) is 10.1.